The number of hydrogen-bond acceptors (Lipinski definition) is 3. The van der Waals surface area contributed by atoms with Gasteiger partial charge in [-0.1, -0.05) is 18.2 Å². The fraction of sp³-hybridized carbons (Fsp3) is 0.533. The maximum atomic E-state index is 7.48. The maximum absolute atomic E-state index is 7.48. The molecule has 1 unspecified atom stereocenters. The molecule has 1 saturated heterocycles. The molecular formula is C15H24N4. The highest BCUT2D eigenvalue weighted by molar-refractivity contribution is 5.95. The molecule has 1 aliphatic rings. The van der Waals surface area contributed by atoms with Crippen LogP contribution in [0.5, 0.6) is 0 Å². The summed E-state index contributed by atoms with van der Waals surface area (Å²) in [5.41, 5.74) is 7.55. The minimum atomic E-state index is 0.139. The van der Waals surface area contributed by atoms with Gasteiger partial charge in [0.25, 0.3) is 0 Å². The second-order valence-electron chi connectivity index (χ2n) is 5.59. The lowest BCUT2D eigenvalue weighted by molar-refractivity contribution is 0.215. The quantitative estimate of drug-likeness (QED) is 0.623. The van der Waals surface area contributed by atoms with Crippen LogP contribution in [0.15, 0.2) is 24.3 Å². The fourth-order valence-corrected chi connectivity index (χ4v) is 2.78. The largest absolute Gasteiger partial charge is 0.384 e. The van der Waals surface area contributed by atoms with E-state index < -0.39 is 0 Å². The van der Waals surface area contributed by atoms with Crippen molar-refractivity contribution in [2.75, 3.05) is 27.2 Å². The molecule has 4 heteroatoms. The van der Waals surface area contributed by atoms with Crippen LogP contribution in [0.4, 0.5) is 0 Å². The topological polar surface area (TPSA) is 56.4 Å². The number of nitrogens with zero attached hydrogens (tertiary/aromatic N) is 2. The van der Waals surface area contributed by atoms with E-state index in [-0.39, 0.29) is 5.84 Å². The van der Waals surface area contributed by atoms with Gasteiger partial charge in [0.05, 0.1) is 0 Å². The van der Waals surface area contributed by atoms with Gasteiger partial charge in [0.1, 0.15) is 5.84 Å². The average Bonchev–Trinajstić information content (AvgIpc) is 2.75. The van der Waals surface area contributed by atoms with E-state index >= 15 is 0 Å². The zero-order valence-electron chi connectivity index (χ0n) is 11.9. The van der Waals surface area contributed by atoms with E-state index in [9.17, 15) is 0 Å². The number of nitrogen functional groups attached to an aromatic ring is 1. The Kier molecular flexibility index (Phi) is 4.56. The zero-order chi connectivity index (χ0) is 13.8. The van der Waals surface area contributed by atoms with Gasteiger partial charge in [-0.2, -0.15) is 0 Å². The van der Waals surface area contributed by atoms with Crippen molar-refractivity contribution in [2.45, 2.75) is 25.4 Å². The first-order valence-corrected chi connectivity index (χ1v) is 6.88. The molecule has 0 radical (unpaired) electrons. The first kappa shape index (κ1) is 14.0. The van der Waals surface area contributed by atoms with Crippen LogP contribution in [0.1, 0.15) is 24.0 Å². The van der Waals surface area contributed by atoms with E-state index in [1.165, 1.54) is 24.9 Å². The normalized spacial score (nSPS) is 20.1. The Morgan fingerprint density at radius 1 is 1.53 bits per heavy atom. The van der Waals surface area contributed by atoms with Crippen molar-refractivity contribution in [1.29, 1.82) is 5.41 Å². The highest BCUT2D eigenvalue weighted by Crippen LogP contribution is 2.16. The molecule has 1 aromatic carbocycles. The van der Waals surface area contributed by atoms with Crippen molar-refractivity contribution in [3.63, 3.8) is 0 Å². The predicted octanol–water partition coefficient (Wildman–Crippen LogP) is 1.50. The molecule has 0 aromatic heterocycles. The number of amidine groups is 1. The van der Waals surface area contributed by atoms with Crippen LogP contribution in [0, 0.1) is 5.41 Å². The molecule has 2 rings (SSSR count). The third-order valence-corrected chi connectivity index (χ3v) is 3.88. The Bertz CT molecular complexity index is 444. The highest BCUT2D eigenvalue weighted by Gasteiger charge is 2.21. The number of rotatable bonds is 5. The lowest BCUT2D eigenvalue weighted by atomic mass is 10.1. The first-order valence-electron chi connectivity index (χ1n) is 6.88. The molecule has 104 valence electrons. The molecule has 0 aliphatic carbocycles. The highest BCUT2D eigenvalue weighted by atomic mass is 15.2. The molecule has 1 aromatic rings. The van der Waals surface area contributed by atoms with Crippen molar-refractivity contribution in [1.82, 2.24) is 9.80 Å². The first-order chi connectivity index (χ1) is 9.06. The van der Waals surface area contributed by atoms with Gasteiger partial charge >= 0.3 is 0 Å². The standard InChI is InChI=1S/C15H24N4/c1-18(11-14-7-4-8-19(14)2)10-12-5-3-6-13(9-12)15(16)17/h3,5-6,9,14H,4,7-8,10-11H2,1-2H3,(H3,16,17). The monoisotopic (exact) mass is 260 g/mol. The summed E-state index contributed by atoms with van der Waals surface area (Å²) < 4.78 is 0. The summed E-state index contributed by atoms with van der Waals surface area (Å²) in [4.78, 5) is 4.80. The summed E-state index contributed by atoms with van der Waals surface area (Å²) in [6.45, 7) is 3.23. The van der Waals surface area contributed by atoms with Crippen LogP contribution >= 0.6 is 0 Å². The Morgan fingerprint density at radius 2 is 2.32 bits per heavy atom. The summed E-state index contributed by atoms with van der Waals surface area (Å²) in [6, 6.07) is 8.65. The predicted molar refractivity (Wildman–Crippen MR) is 79.4 cm³/mol. The fourth-order valence-electron chi connectivity index (χ4n) is 2.78. The lowest BCUT2D eigenvalue weighted by Crippen LogP contribution is -2.36. The second-order valence-corrected chi connectivity index (χ2v) is 5.59. The van der Waals surface area contributed by atoms with Crippen molar-refractivity contribution in [3.8, 4) is 0 Å². The van der Waals surface area contributed by atoms with E-state index in [2.05, 4.69) is 30.0 Å². The minimum Gasteiger partial charge on any atom is -0.384 e. The number of likely N-dealkylation sites (tertiary alicyclic amines) is 1. The van der Waals surface area contributed by atoms with Gasteiger partial charge < -0.3 is 15.5 Å². The number of nitrogens with one attached hydrogen (secondary N) is 1. The minimum absolute atomic E-state index is 0.139. The van der Waals surface area contributed by atoms with Crippen molar-refractivity contribution < 1.29 is 0 Å². The third-order valence-electron chi connectivity index (χ3n) is 3.88. The molecule has 1 aliphatic heterocycles. The third kappa shape index (κ3) is 3.78. The number of hydrogen-bond donors (Lipinski definition) is 2. The molecule has 0 saturated carbocycles. The molecular weight excluding hydrogens is 236 g/mol. The molecule has 4 nitrogen and oxygen atoms in total. The van der Waals surface area contributed by atoms with Gasteiger partial charge in [-0.25, -0.2) is 0 Å². The number of nitrogens with two attached hydrogens (primary N) is 1. The molecule has 19 heavy (non-hydrogen) atoms. The van der Waals surface area contributed by atoms with Gasteiger partial charge in [0.15, 0.2) is 0 Å². The summed E-state index contributed by atoms with van der Waals surface area (Å²) in [5.74, 6) is 0.139. The smallest absolute Gasteiger partial charge is 0.122 e. The van der Waals surface area contributed by atoms with Gasteiger partial charge in [-0.05, 0) is 45.1 Å². The summed E-state index contributed by atoms with van der Waals surface area (Å²) >= 11 is 0. The molecule has 1 heterocycles. The van der Waals surface area contributed by atoms with Gasteiger partial charge in [0, 0.05) is 24.7 Å². The Hall–Kier alpha value is -1.39. The Labute approximate surface area is 115 Å². The summed E-state index contributed by atoms with van der Waals surface area (Å²) in [6.07, 6.45) is 2.61. The number of likely N-dealkylation sites (N-methyl/N-ethyl adjacent to an activating group) is 2. The van der Waals surface area contributed by atoms with E-state index in [1.54, 1.807) is 0 Å². The molecule has 0 spiro atoms. The average molecular weight is 260 g/mol. The number of benzene rings is 1. The molecule has 1 fully saturated rings. The second kappa shape index (κ2) is 6.17. The van der Waals surface area contributed by atoms with Crippen LogP contribution in [0.25, 0.3) is 0 Å². The van der Waals surface area contributed by atoms with Gasteiger partial charge in [-0.15, -0.1) is 0 Å². The van der Waals surface area contributed by atoms with Crippen molar-refractivity contribution in [3.05, 3.63) is 35.4 Å². The Balaban J connectivity index is 1.93. The van der Waals surface area contributed by atoms with E-state index in [4.69, 9.17) is 11.1 Å². The van der Waals surface area contributed by atoms with E-state index in [1.807, 2.05) is 18.2 Å². The van der Waals surface area contributed by atoms with E-state index in [0.29, 0.717) is 6.04 Å². The summed E-state index contributed by atoms with van der Waals surface area (Å²) in [7, 11) is 4.37. The van der Waals surface area contributed by atoms with E-state index in [0.717, 1.165) is 18.7 Å². The molecule has 1 atom stereocenters. The SMILES string of the molecule is CN(Cc1cccc(C(=N)N)c1)CC1CCCN1C. The van der Waals surface area contributed by atoms with Crippen LogP contribution in [-0.4, -0.2) is 48.9 Å². The van der Waals surface area contributed by atoms with Gasteiger partial charge in [-0.3, -0.25) is 5.41 Å². The van der Waals surface area contributed by atoms with Crippen molar-refractivity contribution in [2.24, 2.45) is 5.73 Å². The van der Waals surface area contributed by atoms with Gasteiger partial charge in [0.2, 0.25) is 0 Å². The van der Waals surface area contributed by atoms with Crippen LogP contribution < -0.4 is 5.73 Å². The molecule has 3 N–H and O–H groups in total. The molecule has 0 bridgehead atoms. The lowest BCUT2D eigenvalue weighted by Gasteiger charge is -2.25. The summed E-state index contributed by atoms with van der Waals surface area (Å²) in [5, 5.41) is 7.48. The molecule has 0 amide bonds. The van der Waals surface area contributed by atoms with Crippen LogP contribution in [0.3, 0.4) is 0 Å². The Morgan fingerprint density at radius 3 is 2.95 bits per heavy atom. The van der Waals surface area contributed by atoms with Crippen molar-refractivity contribution >= 4 is 5.84 Å². The maximum Gasteiger partial charge on any atom is 0.122 e. The zero-order valence-corrected chi connectivity index (χ0v) is 11.9. The van der Waals surface area contributed by atoms with Crippen LogP contribution in [-0.2, 0) is 6.54 Å². The van der Waals surface area contributed by atoms with Crippen LogP contribution in [0.2, 0.25) is 0 Å².